The van der Waals surface area contributed by atoms with Crippen molar-refractivity contribution in [2.24, 2.45) is 16.0 Å². The maximum Gasteiger partial charge on any atom is 0.458 e. The van der Waals surface area contributed by atoms with E-state index in [1.807, 2.05) is 0 Å². The molecule has 2 rings (SSSR count). The fraction of sp³-hybridized carbons (Fsp3) is 0.273. The number of nitrogens with zero attached hydrogens (tertiary/aromatic N) is 2. The zero-order valence-corrected chi connectivity index (χ0v) is 9.92. The Morgan fingerprint density at radius 2 is 1.95 bits per heavy atom. The molecule has 0 spiro atoms. The van der Waals surface area contributed by atoms with Gasteiger partial charge in [-0.25, -0.2) is 0 Å². The predicted molar refractivity (Wildman–Crippen MR) is 62.2 cm³/mol. The van der Waals surface area contributed by atoms with Gasteiger partial charge in [0.1, 0.15) is 0 Å². The summed E-state index contributed by atoms with van der Waals surface area (Å²) >= 11 is 0. The number of oxime groups is 2. The molecule has 1 unspecified atom stereocenters. The molecule has 0 saturated heterocycles. The zero-order chi connectivity index (χ0) is 15.0. The number of alkyl halides is 3. The van der Waals surface area contributed by atoms with Crippen LogP contribution in [0.15, 0.2) is 34.6 Å². The van der Waals surface area contributed by atoms with Gasteiger partial charge in [0, 0.05) is 5.56 Å². The Hall–Kier alpha value is -2.29. The van der Waals surface area contributed by atoms with Crippen LogP contribution in [0, 0.1) is 0 Å². The third-order valence-corrected chi connectivity index (χ3v) is 2.78. The largest absolute Gasteiger partial charge is 0.458 e. The molecule has 0 amide bonds. The van der Waals surface area contributed by atoms with E-state index in [0.29, 0.717) is 11.1 Å². The minimum Gasteiger partial charge on any atom is -0.409 e. The van der Waals surface area contributed by atoms with E-state index in [9.17, 15) is 18.3 Å². The van der Waals surface area contributed by atoms with Crippen molar-refractivity contribution in [3.05, 3.63) is 35.4 Å². The molecule has 0 aromatic heterocycles. The molecule has 108 valence electrons. The van der Waals surface area contributed by atoms with Crippen LogP contribution in [0.4, 0.5) is 13.2 Å². The van der Waals surface area contributed by atoms with E-state index in [1.165, 1.54) is 24.3 Å². The van der Waals surface area contributed by atoms with Crippen LogP contribution >= 0.6 is 0 Å². The van der Waals surface area contributed by atoms with Crippen molar-refractivity contribution in [1.29, 1.82) is 0 Å². The Morgan fingerprint density at radius 3 is 2.40 bits per heavy atom. The highest BCUT2D eigenvalue weighted by molar-refractivity contribution is 6.03. The zero-order valence-electron chi connectivity index (χ0n) is 9.92. The second-order valence-corrected chi connectivity index (χ2v) is 4.15. The summed E-state index contributed by atoms with van der Waals surface area (Å²) in [6, 6.07) is 5.74. The van der Waals surface area contributed by atoms with Crippen molar-refractivity contribution < 1.29 is 28.3 Å². The fourth-order valence-corrected chi connectivity index (χ4v) is 1.62. The average molecular weight is 289 g/mol. The van der Waals surface area contributed by atoms with Crippen LogP contribution in [0.5, 0.6) is 0 Å². The number of aliphatic hydroxyl groups is 1. The predicted octanol–water partition coefficient (Wildman–Crippen LogP) is 1.16. The number of nitrogens with two attached hydrogens (primary N) is 1. The minimum atomic E-state index is -4.94. The summed E-state index contributed by atoms with van der Waals surface area (Å²) in [5.74, 6) is -3.43. The molecule has 6 nitrogen and oxygen atoms in total. The first kappa shape index (κ1) is 14.1. The minimum absolute atomic E-state index is 0.0455. The summed E-state index contributed by atoms with van der Waals surface area (Å²) in [5, 5.41) is 23.8. The van der Waals surface area contributed by atoms with Gasteiger partial charge in [0.25, 0.3) is 0 Å². The van der Waals surface area contributed by atoms with Crippen LogP contribution < -0.4 is 5.73 Å². The van der Waals surface area contributed by atoms with E-state index in [0.717, 1.165) is 0 Å². The summed E-state index contributed by atoms with van der Waals surface area (Å²) < 4.78 is 37.6. The first-order valence-corrected chi connectivity index (χ1v) is 5.39. The van der Waals surface area contributed by atoms with Crippen LogP contribution in [-0.4, -0.2) is 33.8 Å². The molecule has 0 fully saturated rings. The Morgan fingerprint density at radius 1 is 1.35 bits per heavy atom. The van der Waals surface area contributed by atoms with Gasteiger partial charge < -0.3 is 20.9 Å². The molecule has 1 aromatic carbocycles. The van der Waals surface area contributed by atoms with Crippen molar-refractivity contribution in [2.75, 3.05) is 0 Å². The van der Waals surface area contributed by atoms with Gasteiger partial charge in [0.15, 0.2) is 5.84 Å². The van der Waals surface area contributed by atoms with Crippen LogP contribution in [0.1, 0.15) is 17.5 Å². The molecule has 1 aliphatic rings. The van der Waals surface area contributed by atoms with Crippen LogP contribution in [0.25, 0.3) is 0 Å². The maximum absolute atomic E-state index is 12.5. The normalized spacial score (nSPS) is 23.4. The fourth-order valence-electron chi connectivity index (χ4n) is 1.62. The topological polar surface area (TPSA) is 100 Å². The van der Waals surface area contributed by atoms with Crippen molar-refractivity contribution in [3.8, 4) is 0 Å². The number of hydrogen-bond donors (Lipinski definition) is 3. The van der Waals surface area contributed by atoms with Gasteiger partial charge in [-0.2, -0.15) is 13.2 Å². The van der Waals surface area contributed by atoms with E-state index < -0.39 is 18.4 Å². The van der Waals surface area contributed by atoms with Gasteiger partial charge in [0.05, 0.1) is 12.1 Å². The van der Waals surface area contributed by atoms with Gasteiger partial charge in [-0.15, -0.1) is 0 Å². The number of benzene rings is 1. The first-order chi connectivity index (χ1) is 9.27. The van der Waals surface area contributed by atoms with Gasteiger partial charge >= 0.3 is 12.0 Å². The average Bonchev–Trinajstić information content (AvgIpc) is 2.82. The monoisotopic (exact) mass is 289 g/mol. The van der Waals surface area contributed by atoms with Gasteiger partial charge in [0.2, 0.25) is 0 Å². The smallest absolute Gasteiger partial charge is 0.409 e. The molecule has 1 aliphatic heterocycles. The van der Waals surface area contributed by atoms with E-state index in [2.05, 4.69) is 15.1 Å². The van der Waals surface area contributed by atoms with Crippen LogP contribution in [-0.2, 0) is 4.84 Å². The maximum atomic E-state index is 12.5. The van der Waals surface area contributed by atoms with Crippen LogP contribution in [0.3, 0.4) is 0 Å². The molecule has 0 saturated carbocycles. The standard InChI is InChI=1S/C11H10F3N3O3/c12-11(13,14)10(18)5-8(17-20-10)6-1-3-7(4-2-6)9(15)16-19/h1-4,18-19H,5H2,(H2,15,16). The van der Waals surface area contributed by atoms with Gasteiger partial charge in [-0.1, -0.05) is 34.6 Å². The molecule has 0 aliphatic carbocycles. The van der Waals surface area contributed by atoms with Crippen molar-refractivity contribution in [1.82, 2.24) is 0 Å². The Balaban J connectivity index is 2.19. The highest BCUT2D eigenvalue weighted by Gasteiger charge is 2.60. The highest BCUT2D eigenvalue weighted by Crippen LogP contribution is 2.38. The van der Waals surface area contributed by atoms with Gasteiger partial charge in [-0.05, 0) is 5.56 Å². The second kappa shape index (κ2) is 4.67. The van der Waals surface area contributed by atoms with E-state index in [-0.39, 0.29) is 11.5 Å². The summed E-state index contributed by atoms with van der Waals surface area (Å²) in [7, 11) is 0. The van der Waals surface area contributed by atoms with Crippen molar-refractivity contribution >= 4 is 11.5 Å². The molecule has 0 radical (unpaired) electrons. The molecule has 20 heavy (non-hydrogen) atoms. The number of halogens is 3. The number of amidine groups is 1. The summed E-state index contributed by atoms with van der Waals surface area (Å²) in [5.41, 5.74) is 6.03. The molecule has 1 aromatic rings. The second-order valence-electron chi connectivity index (χ2n) is 4.15. The molecule has 4 N–H and O–H groups in total. The summed E-state index contributed by atoms with van der Waals surface area (Å²) in [6.07, 6.45) is -5.74. The molecule has 9 heteroatoms. The molecule has 1 atom stereocenters. The lowest BCUT2D eigenvalue weighted by atomic mass is 10.0. The Bertz CT molecular complexity index is 569. The SMILES string of the molecule is N/C(=N\O)c1ccc(C2=NOC(O)(C(F)(F)F)C2)cc1. The van der Waals surface area contributed by atoms with E-state index >= 15 is 0 Å². The number of rotatable bonds is 2. The Labute approximate surface area is 110 Å². The summed E-state index contributed by atoms with van der Waals surface area (Å²) in [4.78, 5) is 4.10. The van der Waals surface area contributed by atoms with Crippen molar-refractivity contribution in [3.63, 3.8) is 0 Å². The molecular formula is C11H10F3N3O3. The molecule has 0 bridgehead atoms. The third-order valence-electron chi connectivity index (χ3n) is 2.78. The first-order valence-electron chi connectivity index (χ1n) is 5.39. The van der Waals surface area contributed by atoms with Crippen LogP contribution in [0.2, 0.25) is 0 Å². The molecule has 1 heterocycles. The molecular weight excluding hydrogens is 279 g/mol. The third kappa shape index (κ3) is 2.39. The van der Waals surface area contributed by atoms with E-state index in [4.69, 9.17) is 10.9 Å². The lowest BCUT2D eigenvalue weighted by Crippen LogP contribution is -2.45. The summed E-state index contributed by atoms with van der Waals surface area (Å²) in [6.45, 7) is 0. The van der Waals surface area contributed by atoms with Crippen molar-refractivity contribution in [2.45, 2.75) is 18.4 Å². The Kier molecular flexibility index (Phi) is 3.30. The lowest BCUT2D eigenvalue weighted by molar-refractivity contribution is -0.355. The quantitative estimate of drug-likeness (QED) is 0.329. The lowest BCUT2D eigenvalue weighted by Gasteiger charge is -2.22. The van der Waals surface area contributed by atoms with Gasteiger partial charge in [-0.3, -0.25) is 0 Å². The van der Waals surface area contributed by atoms with E-state index in [1.54, 1.807) is 0 Å². The number of hydrogen-bond acceptors (Lipinski definition) is 5. The highest BCUT2D eigenvalue weighted by atomic mass is 19.4.